The van der Waals surface area contributed by atoms with Gasteiger partial charge < -0.3 is 15.4 Å². The summed E-state index contributed by atoms with van der Waals surface area (Å²) in [6.45, 7) is 1.36. The molecule has 5 nitrogen and oxygen atoms in total. The number of hydrogen-bond acceptors (Lipinski definition) is 3. The van der Waals surface area contributed by atoms with Gasteiger partial charge >= 0.3 is 6.03 Å². The molecule has 0 aromatic carbocycles. The molecular formula is C7H13N3O2. The Labute approximate surface area is 71.7 Å². The first-order valence-electron chi connectivity index (χ1n) is 3.69. The van der Waals surface area contributed by atoms with Gasteiger partial charge in [0.1, 0.15) is 0 Å². The van der Waals surface area contributed by atoms with Gasteiger partial charge in [-0.3, -0.25) is 0 Å². The number of amides is 2. The third-order valence-electron chi connectivity index (χ3n) is 1.11. The van der Waals surface area contributed by atoms with Gasteiger partial charge in [-0.15, -0.1) is 0 Å². The average molecular weight is 171 g/mol. The molecule has 0 saturated carbocycles. The summed E-state index contributed by atoms with van der Waals surface area (Å²) in [4.78, 5) is 10.8. The highest BCUT2D eigenvalue weighted by molar-refractivity contribution is 5.73. The van der Waals surface area contributed by atoms with E-state index in [4.69, 9.17) is 10.00 Å². The summed E-state index contributed by atoms with van der Waals surface area (Å²) >= 11 is 0. The van der Waals surface area contributed by atoms with Gasteiger partial charge in [0.25, 0.3) is 0 Å². The molecule has 0 aromatic heterocycles. The van der Waals surface area contributed by atoms with Gasteiger partial charge in [0.15, 0.2) is 0 Å². The minimum atomic E-state index is -0.262. The van der Waals surface area contributed by atoms with E-state index in [2.05, 4.69) is 10.6 Å². The molecule has 5 heteroatoms. The quantitative estimate of drug-likeness (QED) is 0.565. The van der Waals surface area contributed by atoms with E-state index in [0.717, 1.165) is 0 Å². The van der Waals surface area contributed by atoms with Crippen LogP contribution in [0.4, 0.5) is 4.79 Å². The summed E-state index contributed by atoms with van der Waals surface area (Å²) in [6, 6.07) is 1.66. The van der Waals surface area contributed by atoms with Gasteiger partial charge in [0.2, 0.25) is 0 Å². The fourth-order valence-electron chi connectivity index (χ4n) is 0.561. The number of rotatable bonds is 5. The van der Waals surface area contributed by atoms with Crippen LogP contribution in [-0.4, -0.2) is 32.8 Å². The minimum absolute atomic E-state index is 0.262. The third-order valence-corrected chi connectivity index (χ3v) is 1.11. The van der Waals surface area contributed by atoms with Crippen LogP contribution in [0.1, 0.15) is 6.42 Å². The number of hydrogen-bond donors (Lipinski definition) is 2. The van der Waals surface area contributed by atoms with E-state index >= 15 is 0 Å². The summed E-state index contributed by atoms with van der Waals surface area (Å²) in [5, 5.41) is 13.2. The largest absolute Gasteiger partial charge is 0.383 e. The molecule has 0 rings (SSSR count). The second kappa shape index (κ2) is 7.82. The molecule has 0 aliphatic carbocycles. The highest BCUT2D eigenvalue weighted by atomic mass is 16.5. The predicted octanol–water partition coefficient (Wildman–Crippen LogP) is -0.154. The first kappa shape index (κ1) is 10.7. The van der Waals surface area contributed by atoms with Crippen LogP contribution in [0, 0.1) is 11.3 Å². The number of nitrogens with one attached hydrogen (secondary N) is 2. The van der Waals surface area contributed by atoms with Gasteiger partial charge in [-0.1, -0.05) is 0 Å². The Hall–Kier alpha value is -1.28. The smallest absolute Gasteiger partial charge is 0.314 e. The minimum Gasteiger partial charge on any atom is -0.383 e. The van der Waals surface area contributed by atoms with E-state index < -0.39 is 0 Å². The van der Waals surface area contributed by atoms with Crippen LogP contribution >= 0.6 is 0 Å². The summed E-state index contributed by atoms with van der Waals surface area (Å²) in [7, 11) is 1.56. The molecule has 0 radical (unpaired) electrons. The van der Waals surface area contributed by atoms with Crippen LogP contribution in [0.15, 0.2) is 0 Å². The standard InChI is InChI=1S/C7H13N3O2/c1-12-6-5-10-7(11)9-4-2-3-8/h2,4-6H2,1H3,(H2,9,10,11). The Balaban J connectivity index is 3.17. The van der Waals surface area contributed by atoms with Crippen molar-refractivity contribution in [1.29, 1.82) is 5.26 Å². The van der Waals surface area contributed by atoms with E-state index in [0.29, 0.717) is 26.1 Å². The van der Waals surface area contributed by atoms with Crippen molar-refractivity contribution >= 4 is 6.03 Å². The maximum Gasteiger partial charge on any atom is 0.314 e. The number of nitrogens with zero attached hydrogens (tertiary/aromatic N) is 1. The van der Waals surface area contributed by atoms with Crippen molar-refractivity contribution in [2.45, 2.75) is 6.42 Å². The van der Waals surface area contributed by atoms with Crippen LogP contribution < -0.4 is 10.6 Å². The molecule has 0 heterocycles. The lowest BCUT2D eigenvalue weighted by Crippen LogP contribution is -2.37. The van der Waals surface area contributed by atoms with Gasteiger partial charge in [0, 0.05) is 20.2 Å². The number of carbonyl (C=O) groups excluding carboxylic acids is 1. The summed E-state index contributed by atoms with van der Waals surface area (Å²) in [6.07, 6.45) is 0.331. The Morgan fingerprint density at radius 3 is 2.75 bits per heavy atom. The molecule has 0 aromatic rings. The fraction of sp³-hybridized carbons (Fsp3) is 0.714. The molecule has 68 valence electrons. The topological polar surface area (TPSA) is 74.2 Å². The number of nitriles is 1. The Morgan fingerprint density at radius 1 is 1.50 bits per heavy atom. The van der Waals surface area contributed by atoms with Crippen LogP contribution in [0.3, 0.4) is 0 Å². The lowest BCUT2D eigenvalue weighted by Gasteiger charge is -2.04. The molecule has 0 unspecified atom stereocenters. The first-order valence-corrected chi connectivity index (χ1v) is 3.69. The van der Waals surface area contributed by atoms with Crippen molar-refractivity contribution < 1.29 is 9.53 Å². The molecule has 2 amide bonds. The normalized spacial score (nSPS) is 8.67. The molecule has 12 heavy (non-hydrogen) atoms. The Kier molecular flexibility index (Phi) is 6.99. The Bertz CT molecular complexity index is 165. The van der Waals surface area contributed by atoms with Crippen LogP contribution in [0.25, 0.3) is 0 Å². The summed E-state index contributed by atoms with van der Waals surface area (Å²) in [5.74, 6) is 0. The van der Waals surface area contributed by atoms with Crippen molar-refractivity contribution in [1.82, 2.24) is 10.6 Å². The van der Waals surface area contributed by atoms with Crippen molar-refractivity contribution in [2.75, 3.05) is 26.8 Å². The maximum atomic E-state index is 10.8. The van der Waals surface area contributed by atoms with Crippen LogP contribution in [-0.2, 0) is 4.74 Å². The first-order chi connectivity index (χ1) is 5.81. The van der Waals surface area contributed by atoms with Crippen molar-refractivity contribution in [3.63, 3.8) is 0 Å². The van der Waals surface area contributed by atoms with Gasteiger partial charge in [0.05, 0.1) is 19.1 Å². The number of urea groups is 1. The van der Waals surface area contributed by atoms with E-state index in [-0.39, 0.29) is 6.03 Å². The molecular weight excluding hydrogens is 158 g/mol. The molecule has 2 N–H and O–H groups in total. The number of ether oxygens (including phenoxy) is 1. The van der Waals surface area contributed by atoms with Crippen molar-refractivity contribution in [3.8, 4) is 6.07 Å². The fourth-order valence-corrected chi connectivity index (χ4v) is 0.561. The molecule has 0 spiro atoms. The van der Waals surface area contributed by atoms with Crippen molar-refractivity contribution in [2.24, 2.45) is 0 Å². The monoisotopic (exact) mass is 171 g/mol. The number of carbonyl (C=O) groups is 1. The second-order valence-corrected chi connectivity index (χ2v) is 2.08. The van der Waals surface area contributed by atoms with E-state index in [1.165, 1.54) is 0 Å². The lowest BCUT2D eigenvalue weighted by atomic mass is 10.5. The molecule has 0 bridgehead atoms. The zero-order valence-corrected chi connectivity index (χ0v) is 7.09. The van der Waals surface area contributed by atoms with E-state index in [9.17, 15) is 4.79 Å². The molecule has 0 aliphatic rings. The van der Waals surface area contributed by atoms with Crippen LogP contribution in [0.5, 0.6) is 0 Å². The van der Waals surface area contributed by atoms with Crippen molar-refractivity contribution in [3.05, 3.63) is 0 Å². The lowest BCUT2D eigenvalue weighted by molar-refractivity contribution is 0.196. The van der Waals surface area contributed by atoms with E-state index in [1.807, 2.05) is 6.07 Å². The second-order valence-electron chi connectivity index (χ2n) is 2.08. The van der Waals surface area contributed by atoms with Gasteiger partial charge in [-0.05, 0) is 0 Å². The highest BCUT2D eigenvalue weighted by Gasteiger charge is 1.96. The molecule has 0 saturated heterocycles. The zero-order valence-electron chi connectivity index (χ0n) is 7.09. The highest BCUT2D eigenvalue weighted by Crippen LogP contribution is 1.71. The summed E-state index contributed by atoms with van der Waals surface area (Å²) < 4.78 is 4.72. The zero-order chi connectivity index (χ0) is 9.23. The molecule has 0 fully saturated rings. The van der Waals surface area contributed by atoms with Crippen LogP contribution in [0.2, 0.25) is 0 Å². The summed E-state index contributed by atoms with van der Waals surface area (Å²) in [5.41, 5.74) is 0. The average Bonchev–Trinajstić information content (AvgIpc) is 2.06. The predicted molar refractivity (Wildman–Crippen MR) is 43.5 cm³/mol. The van der Waals surface area contributed by atoms with Gasteiger partial charge in [-0.25, -0.2) is 4.79 Å². The van der Waals surface area contributed by atoms with E-state index in [1.54, 1.807) is 7.11 Å². The SMILES string of the molecule is COCCNC(=O)NCCC#N. The Morgan fingerprint density at radius 2 is 2.17 bits per heavy atom. The third kappa shape index (κ3) is 6.83. The molecule has 0 atom stereocenters. The number of methoxy groups -OCH3 is 1. The van der Waals surface area contributed by atoms with Gasteiger partial charge in [-0.2, -0.15) is 5.26 Å². The molecule has 0 aliphatic heterocycles. The maximum absolute atomic E-state index is 10.8.